The lowest BCUT2D eigenvalue weighted by Crippen LogP contribution is -2.30. The van der Waals surface area contributed by atoms with Crippen LogP contribution >= 0.6 is 0 Å². The van der Waals surface area contributed by atoms with Gasteiger partial charge in [0.05, 0.1) is 0 Å². The maximum Gasteiger partial charge on any atom is 0.327 e. The smallest absolute Gasteiger partial charge is 0.327 e. The van der Waals surface area contributed by atoms with Gasteiger partial charge in [-0.15, -0.1) is 12.3 Å². The van der Waals surface area contributed by atoms with Crippen molar-refractivity contribution in [3.8, 4) is 12.3 Å². The lowest BCUT2D eigenvalue weighted by Gasteiger charge is -2.15. The van der Waals surface area contributed by atoms with Crippen molar-refractivity contribution in [3.63, 3.8) is 0 Å². The Balaban J connectivity index is 3.29. The minimum atomic E-state index is -2.33. The van der Waals surface area contributed by atoms with Gasteiger partial charge in [0.25, 0.3) is 0 Å². The van der Waals surface area contributed by atoms with E-state index >= 15 is 0 Å². The highest BCUT2D eigenvalue weighted by molar-refractivity contribution is 5.77. The molecule has 0 heterocycles. The molecule has 19 heavy (non-hydrogen) atoms. The zero-order valence-electron chi connectivity index (χ0n) is 9.11. The summed E-state index contributed by atoms with van der Waals surface area (Å²) in [7, 11) is 0. The van der Waals surface area contributed by atoms with Crippen LogP contribution in [0.25, 0.3) is 0 Å². The van der Waals surface area contributed by atoms with Crippen molar-refractivity contribution in [3.05, 3.63) is 29.1 Å². The molecular formula is C11H6F5NO2. The van der Waals surface area contributed by atoms with Crippen molar-refractivity contribution in [2.24, 2.45) is 0 Å². The fraction of sp³-hybridized carbons (Fsp3) is 0.182. The van der Waals surface area contributed by atoms with Gasteiger partial charge in [0, 0.05) is 6.42 Å². The van der Waals surface area contributed by atoms with Gasteiger partial charge in [0.15, 0.2) is 23.3 Å². The van der Waals surface area contributed by atoms with Crippen LogP contribution in [0.4, 0.5) is 27.6 Å². The molecule has 1 aromatic carbocycles. The molecule has 0 radical (unpaired) electrons. The number of hydrogen-bond acceptors (Lipinski definition) is 2. The van der Waals surface area contributed by atoms with E-state index in [1.54, 1.807) is 5.32 Å². The number of rotatable bonds is 4. The Hall–Kier alpha value is -2.30. The molecule has 3 nitrogen and oxygen atoms in total. The van der Waals surface area contributed by atoms with Crippen molar-refractivity contribution in [1.82, 2.24) is 0 Å². The van der Waals surface area contributed by atoms with Gasteiger partial charge < -0.3 is 10.4 Å². The van der Waals surface area contributed by atoms with E-state index in [4.69, 9.17) is 11.5 Å². The minimum Gasteiger partial charge on any atom is -0.480 e. The fourth-order valence-electron chi connectivity index (χ4n) is 1.22. The van der Waals surface area contributed by atoms with Crippen molar-refractivity contribution < 1.29 is 31.9 Å². The zero-order valence-corrected chi connectivity index (χ0v) is 9.11. The molecule has 0 fully saturated rings. The number of aliphatic carboxylic acids is 1. The molecular weight excluding hydrogens is 273 g/mol. The summed E-state index contributed by atoms with van der Waals surface area (Å²) in [6.07, 6.45) is 4.33. The molecule has 1 atom stereocenters. The second-order valence-corrected chi connectivity index (χ2v) is 3.39. The number of hydrogen-bond donors (Lipinski definition) is 2. The predicted octanol–water partition coefficient (Wildman–Crippen LogP) is 2.27. The molecule has 2 N–H and O–H groups in total. The third-order valence-electron chi connectivity index (χ3n) is 2.15. The second-order valence-electron chi connectivity index (χ2n) is 3.39. The summed E-state index contributed by atoms with van der Waals surface area (Å²) in [6.45, 7) is 0. The van der Waals surface area contributed by atoms with Gasteiger partial charge in [-0.3, -0.25) is 0 Å². The molecule has 0 saturated carbocycles. The second kappa shape index (κ2) is 5.56. The number of terminal acetylenes is 1. The van der Waals surface area contributed by atoms with Gasteiger partial charge in [-0.25, -0.2) is 26.7 Å². The maximum absolute atomic E-state index is 13.2. The minimum absolute atomic E-state index is 0.505. The molecule has 0 aliphatic heterocycles. The van der Waals surface area contributed by atoms with Crippen LogP contribution < -0.4 is 5.32 Å². The van der Waals surface area contributed by atoms with E-state index in [0.29, 0.717) is 0 Å². The van der Waals surface area contributed by atoms with Crippen LogP contribution in [0.15, 0.2) is 0 Å². The van der Waals surface area contributed by atoms with Gasteiger partial charge in [-0.05, 0) is 0 Å². The number of nitrogens with one attached hydrogen (secondary N) is 1. The normalized spacial score (nSPS) is 11.8. The summed E-state index contributed by atoms with van der Waals surface area (Å²) in [4.78, 5) is 10.7. The Bertz CT molecular complexity index is 538. The Labute approximate surface area is 104 Å². The largest absolute Gasteiger partial charge is 0.480 e. The van der Waals surface area contributed by atoms with E-state index in [-0.39, 0.29) is 0 Å². The number of benzene rings is 1. The number of halogens is 5. The van der Waals surface area contributed by atoms with Crippen LogP contribution in [0.3, 0.4) is 0 Å². The van der Waals surface area contributed by atoms with E-state index in [1.165, 1.54) is 0 Å². The Kier molecular flexibility index (Phi) is 4.32. The Morgan fingerprint density at radius 3 is 1.89 bits per heavy atom. The first-order chi connectivity index (χ1) is 8.81. The summed E-state index contributed by atoms with van der Waals surface area (Å²) in [5.74, 6) is -10.7. The van der Waals surface area contributed by atoms with Crippen LogP contribution in [0.5, 0.6) is 0 Å². The molecule has 8 heteroatoms. The Morgan fingerprint density at radius 1 is 1.11 bits per heavy atom. The summed E-state index contributed by atoms with van der Waals surface area (Å²) in [5.41, 5.74) is -1.43. The summed E-state index contributed by atoms with van der Waals surface area (Å²) >= 11 is 0. The van der Waals surface area contributed by atoms with Crippen LogP contribution in [0, 0.1) is 41.4 Å². The molecule has 0 amide bonds. The summed E-state index contributed by atoms with van der Waals surface area (Å²) in [5, 5.41) is 10.4. The molecule has 1 rings (SSSR count). The average molecular weight is 279 g/mol. The van der Waals surface area contributed by atoms with Crippen molar-refractivity contribution in [2.45, 2.75) is 12.5 Å². The zero-order chi connectivity index (χ0) is 14.7. The monoisotopic (exact) mass is 279 g/mol. The van der Waals surface area contributed by atoms with E-state index in [2.05, 4.69) is 0 Å². The molecule has 0 spiro atoms. The SMILES string of the molecule is C#CCC(Nc1c(F)c(F)c(F)c(F)c1F)C(=O)O. The van der Waals surface area contributed by atoms with E-state index < -0.39 is 53.2 Å². The average Bonchev–Trinajstić information content (AvgIpc) is 2.37. The number of carboxylic acids is 1. The summed E-state index contributed by atoms with van der Waals surface area (Å²) < 4.78 is 64.9. The van der Waals surface area contributed by atoms with Gasteiger partial charge in [-0.2, -0.15) is 0 Å². The number of anilines is 1. The van der Waals surface area contributed by atoms with Gasteiger partial charge in [-0.1, -0.05) is 0 Å². The molecule has 0 aromatic heterocycles. The highest BCUT2D eigenvalue weighted by atomic mass is 19.2. The molecule has 0 aliphatic rings. The van der Waals surface area contributed by atoms with E-state index in [1.807, 2.05) is 5.92 Å². The Morgan fingerprint density at radius 2 is 1.53 bits per heavy atom. The number of carboxylic acid groups (broad SMARTS) is 1. The van der Waals surface area contributed by atoms with Crippen molar-refractivity contribution >= 4 is 11.7 Å². The molecule has 1 unspecified atom stereocenters. The van der Waals surface area contributed by atoms with Crippen molar-refractivity contribution in [1.29, 1.82) is 0 Å². The lowest BCUT2D eigenvalue weighted by molar-refractivity contribution is -0.137. The van der Waals surface area contributed by atoms with E-state index in [0.717, 1.165) is 0 Å². The standard InChI is InChI=1S/C11H6F5NO2/c1-2-3-4(11(18)19)17-10-8(15)6(13)5(12)7(14)9(10)16/h1,4,17H,3H2,(H,18,19). The molecule has 0 aliphatic carbocycles. The van der Waals surface area contributed by atoms with Gasteiger partial charge in [0.1, 0.15) is 11.7 Å². The first kappa shape index (κ1) is 14.8. The highest BCUT2D eigenvalue weighted by Gasteiger charge is 2.28. The van der Waals surface area contributed by atoms with Crippen LogP contribution in [-0.4, -0.2) is 17.1 Å². The molecule has 0 bridgehead atoms. The molecule has 102 valence electrons. The highest BCUT2D eigenvalue weighted by Crippen LogP contribution is 2.27. The van der Waals surface area contributed by atoms with Crippen LogP contribution in [0.2, 0.25) is 0 Å². The summed E-state index contributed by atoms with van der Waals surface area (Å²) in [6, 6.07) is -1.68. The topological polar surface area (TPSA) is 49.3 Å². The third kappa shape index (κ3) is 2.76. The fourth-order valence-corrected chi connectivity index (χ4v) is 1.22. The molecule has 0 saturated heterocycles. The van der Waals surface area contributed by atoms with Gasteiger partial charge >= 0.3 is 5.97 Å². The van der Waals surface area contributed by atoms with Crippen LogP contribution in [0.1, 0.15) is 6.42 Å². The third-order valence-corrected chi connectivity index (χ3v) is 2.15. The predicted molar refractivity (Wildman–Crippen MR) is 54.7 cm³/mol. The quantitative estimate of drug-likeness (QED) is 0.385. The molecule has 1 aromatic rings. The van der Waals surface area contributed by atoms with Crippen LogP contribution in [-0.2, 0) is 4.79 Å². The van der Waals surface area contributed by atoms with Crippen molar-refractivity contribution in [2.75, 3.05) is 5.32 Å². The number of carbonyl (C=O) groups is 1. The van der Waals surface area contributed by atoms with Gasteiger partial charge in [0.2, 0.25) is 5.82 Å². The first-order valence-electron chi connectivity index (χ1n) is 4.75. The maximum atomic E-state index is 13.2. The first-order valence-corrected chi connectivity index (χ1v) is 4.75. The lowest BCUT2D eigenvalue weighted by atomic mass is 10.2. The van der Waals surface area contributed by atoms with E-state index in [9.17, 15) is 26.7 Å².